The summed E-state index contributed by atoms with van der Waals surface area (Å²) in [6.45, 7) is 8.60. The van der Waals surface area contributed by atoms with Crippen molar-refractivity contribution in [1.82, 2.24) is 0 Å². The molecule has 0 spiro atoms. The molecule has 0 aliphatic rings. The summed E-state index contributed by atoms with van der Waals surface area (Å²) in [6, 6.07) is 0. The first-order chi connectivity index (χ1) is 6.90. The van der Waals surface area contributed by atoms with Gasteiger partial charge in [0.25, 0.3) is 0 Å². The predicted molar refractivity (Wildman–Crippen MR) is 67.6 cm³/mol. The number of aliphatic hydroxyl groups excluding tert-OH is 1. The maximum atomic E-state index is 11.7. The number of carbonyl (C=O) groups excluding carboxylic acids is 1. The molecule has 0 aromatic heterocycles. The number of ketones is 1. The van der Waals surface area contributed by atoms with E-state index in [9.17, 15) is 4.79 Å². The third-order valence-electron chi connectivity index (χ3n) is 1.85. The van der Waals surface area contributed by atoms with Crippen molar-refractivity contribution in [2.45, 2.75) is 39.4 Å². The summed E-state index contributed by atoms with van der Waals surface area (Å²) in [5, 5.41) is 8.78. The Labute approximate surface area is 93.7 Å². The zero-order valence-electron chi connectivity index (χ0n) is 10.2. The Kier molecular flexibility index (Phi) is 6.44. The first-order valence-electron chi connectivity index (χ1n) is 5.40. The first-order valence-corrected chi connectivity index (χ1v) is 8.98. The Bertz CT molecular complexity index is 259. The van der Waals surface area contributed by atoms with E-state index in [-0.39, 0.29) is 12.4 Å². The highest BCUT2D eigenvalue weighted by Crippen LogP contribution is 2.13. The monoisotopic (exact) mass is 226 g/mol. The second-order valence-corrected chi connectivity index (χ2v) is 9.75. The van der Waals surface area contributed by atoms with Gasteiger partial charge in [0.1, 0.15) is 0 Å². The van der Waals surface area contributed by atoms with Gasteiger partial charge in [0.2, 0.25) is 0 Å². The molecule has 0 atom stereocenters. The fourth-order valence-corrected chi connectivity index (χ4v) is 2.65. The number of hydrogen-bond donors (Lipinski definition) is 1. The summed E-state index contributed by atoms with van der Waals surface area (Å²) in [5.74, 6) is 0.0911. The number of allylic oxidation sites excluding steroid dienone is 3. The van der Waals surface area contributed by atoms with Crippen LogP contribution in [0.15, 0.2) is 23.4 Å². The van der Waals surface area contributed by atoms with Crippen molar-refractivity contribution in [2.24, 2.45) is 0 Å². The van der Waals surface area contributed by atoms with Crippen LogP contribution < -0.4 is 0 Å². The van der Waals surface area contributed by atoms with Crippen LogP contribution >= 0.6 is 0 Å². The van der Waals surface area contributed by atoms with Gasteiger partial charge < -0.3 is 5.11 Å². The topological polar surface area (TPSA) is 37.3 Å². The Morgan fingerprint density at radius 2 is 1.93 bits per heavy atom. The highest BCUT2D eigenvalue weighted by molar-refractivity contribution is 6.81. The van der Waals surface area contributed by atoms with Crippen molar-refractivity contribution >= 4 is 13.9 Å². The number of hydrogen-bond acceptors (Lipinski definition) is 2. The highest BCUT2D eigenvalue weighted by atomic mass is 28.3. The van der Waals surface area contributed by atoms with Crippen molar-refractivity contribution < 1.29 is 9.90 Å². The van der Waals surface area contributed by atoms with Crippen molar-refractivity contribution in [3.8, 4) is 0 Å². The molecule has 86 valence electrons. The van der Waals surface area contributed by atoms with E-state index in [4.69, 9.17) is 5.11 Å². The molecule has 0 aromatic carbocycles. The molecular weight excluding hydrogens is 204 g/mol. The third-order valence-corrected chi connectivity index (χ3v) is 3.06. The Morgan fingerprint density at radius 3 is 2.33 bits per heavy atom. The third kappa shape index (κ3) is 7.28. The van der Waals surface area contributed by atoms with Crippen LogP contribution in [0.5, 0.6) is 0 Å². The van der Waals surface area contributed by atoms with E-state index in [2.05, 4.69) is 25.3 Å². The van der Waals surface area contributed by atoms with Gasteiger partial charge in [-0.1, -0.05) is 31.4 Å². The lowest BCUT2D eigenvalue weighted by Crippen LogP contribution is -2.19. The quantitative estimate of drug-likeness (QED) is 0.558. The minimum atomic E-state index is -1.36. The van der Waals surface area contributed by atoms with Gasteiger partial charge in [-0.15, -0.1) is 0 Å². The summed E-state index contributed by atoms with van der Waals surface area (Å²) in [6.07, 6.45) is 4.71. The minimum absolute atomic E-state index is 0.0911. The van der Waals surface area contributed by atoms with Crippen molar-refractivity contribution in [3.05, 3.63) is 23.4 Å². The average Bonchev–Trinajstić information content (AvgIpc) is 2.10. The Balaban J connectivity index is 4.72. The molecule has 0 aromatic rings. The second kappa shape index (κ2) is 6.75. The lowest BCUT2D eigenvalue weighted by atomic mass is 10.1. The molecule has 0 heterocycles. The Morgan fingerprint density at radius 1 is 1.33 bits per heavy atom. The van der Waals surface area contributed by atoms with Crippen LogP contribution in [-0.2, 0) is 4.79 Å². The van der Waals surface area contributed by atoms with Crippen LogP contribution in [-0.4, -0.2) is 25.6 Å². The number of carbonyl (C=O) groups is 1. The maximum Gasteiger partial charge on any atom is 0.180 e. The van der Waals surface area contributed by atoms with E-state index in [0.717, 1.165) is 5.57 Å². The fraction of sp³-hybridized carbons (Fsp3) is 0.583. The summed E-state index contributed by atoms with van der Waals surface area (Å²) in [4.78, 5) is 11.7. The van der Waals surface area contributed by atoms with E-state index in [1.807, 2.05) is 6.92 Å². The zero-order valence-corrected chi connectivity index (χ0v) is 11.2. The molecule has 0 aliphatic heterocycles. The van der Waals surface area contributed by atoms with E-state index >= 15 is 0 Å². The van der Waals surface area contributed by atoms with E-state index in [0.29, 0.717) is 12.8 Å². The molecule has 0 aliphatic carbocycles. The molecule has 0 fully saturated rings. The molecule has 2 nitrogen and oxygen atoms in total. The van der Waals surface area contributed by atoms with Gasteiger partial charge in [-0.3, -0.25) is 4.79 Å². The predicted octanol–water partition coefficient (Wildman–Crippen LogP) is 2.71. The smallest absolute Gasteiger partial charge is 0.180 e. The standard InChI is InChI=1S/C12H22O2Si/c1-5-7-12(14)11(8-6-9-13)10-15(2,3)4/h5,7,10,13H,6,8-9H2,1-4H3. The molecule has 3 heteroatoms. The maximum absolute atomic E-state index is 11.7. The van der Waals surface area contributed by atoms with Crippen molar-refractivity contribution in [3.63, 3.8) is 0 Å². The van der Waals surface area contributed by atoms with Gasteiger partial charge in [-0.2, -0.15) is 0 Å². The molecule has 0 unspecified atom stereocenters. The van der Waals surface area contributed by atoms with Gasteiger partial charge in [-0.05, 0) is 31.4 Å². The van der Waals surface area contributed by atoms with Gasteiger partial charge in [0.05, 0.1) is 8.07 Å². The van der Waals surface area contributed by atoms with Crippen LogP contribution in [0.2, 0.25) is 19.6 Å². The summed E-state index contributed by atoms with van der Waals surface area (Å²) >= 11 is 0. The van der Waals surface area contributed by atoms with Gasteiger partial charge in [-0.25, -0.2) is 0 Å². The first kappa shape index (κ1) is 14.3. The van der Waals surface area contributed by atoms with Crippen LogP contribution in [0.4, 0.5) is 0 Å². The fourth-order valence-electron chi connectivity index (χ4n) is 1.32. The molecule has 15 heavy (non-hydrogen) atoms. The number of aliphatic hydroxyl groups is 1. The highest BCUT2D eigenvalue weighted by Gasteiger charge is 2.14. The normalized spacial score (nSPS) is 13.5. The van der Waals surface area contributed by atoms with Gasteiger partial charge >= 0.3 is 0 Å². The molecule has 0 saturated heterocycles. The van der Waals surface area contributed by atoms with Crippen LogP contribution in [0.1, 0.15) is 19.8 Å². The van der Waals surface area contributed by atoms with Gasteiger partial charge in [0, 0.05) is 6.61 Å². The summed E-state index contributed by atoms with van der Waals surface area (Å²) in [5.41, 5.74) is 2.99. The van der Waals surface area contributed by atoms with Crippen molar-refractivity contribution in [1.29, 1.82) is 0 Å². The lowest BCUT2D eigenvalue weighted by molar-refractivity contribution is -0.111. The molecular formula is C12H22O2Si. The molecule has 0 rings (SSSR count). The van der Waals surface area contributed by atoms with Crippen LogP contribution in [0.3, 0.4) is 0 Å². The molecule has 0 radical (unpaired) electrons. The zero-order chi connectivity index (χ0) is 11.9. The van der Waals surface area contributed by atoms with E-state index in [1.54, 1.807) is 12.2 Å². The molecule has 0 amide bonds. The average molecular weight is 226 g/mol. The minimum Gasteiger partial charge on any atom is -0.396 e. The lowest BCUT2D eigenvalue weighted by Gasteiger charge is -2.12. The van der Waals surface area contributed by atoms with Crippen LogP contribution in [0.25, 0.3) is 0 Å². The summed E-state index contributed by atoms with van der Waals surface area (Å²) in [7, 11) is -1.36. The summed E-state index contributed by atoms with van der Waals surface area (Å²) < 4.78 is 0. The molecule has 0 bridgehead atoms. The van der Waals surface area contributed by atoms with Gasteiger partial charge in [0.15, 0.2) is 5.78 Å². The second-order valence-electron chi connectivity index (χ2n) is 4.73. The molecule has 1 N–H and O–H groups in total. The van der Waals surface area contributed by atoms with Crippen molar-refractivity contribution in [2.75, 3.05) is 6.61 Å². The van der Waals surface area contributed by atoms with E-state index in [1.165, 1.54) is 0 Å². The Hall–Kier alpha value is -0.673. The molecule has 0 saturated carbocycles. The largest absolute Gasteiger partial charge is 0.396 e. The number of rotatable bonds is 6. The SMILES string of the molecule is CC=CC(=O)C(=C[Si](C)(C)C)CCCO. The van der Waals surface area contributed by atoms with E-state index < -0.39 is 8.07 Å². The van der Waals surface area contributed by atoms with Crippen LogP contribution in [0, 0.1) is 0 Å².